The molecule has 0 spiro atoms. The second-order valence-corrected chi connectivity index (χ2v) is 12.1. The van der Waals surface area contributed by atoms with Crippen LogP contribution >= 0.6 is 23.2 Å². The predicted molar refractivity (Wildman–Crippen MR) is 134 cm³/mol. The average molecular weight is 525 g/mol. The first-order valence-electron chi connectivity index (χ1n) is 11.7. The number of benzene rings is 2. The number of piperidine rings is 2. The summed E-state index contributed by atoms with van der Waals surface area (Å²) in [6, 6.07) is 13.8. The molecule has 2 aromatic carbocycles. The van der Waals surface area contributed by atoms with Gasteiger partial charge in [-0.15, -0.1) is 0 Å². The third-order valence-electron chi connectivity index (χ3n) is 6.62. The maximum absolute atomic E-state index is 13.5. The summed E-state index contributed by atoms with van der Waals surface area (Å²) in [5.41, 5.74) is -0.627. The van der Waals surface area contributed by atoms with Crippen LogP contribution in [0.4, 0.5) is 0 Å². The summed E-state index contributed by atoms with van der Waals surface area (Å²) in [7, 11) is -3.84. The summed E-state index contributed by atoms with van der Waals surface area (Å²) < 4.78 is 34.6. The fraction of sp³-hybridized carbons (Fsp3) is 0.480. The Hall–Kier alpha value is -1.80. The van der Waals surface area contributed by atoms with Gasteiger partial charge in [0, 0.05) is 48.1 Å². The SMILES string of the molecule is O=C(C[C@]1(COc2ccccc2)CCCN(S(=O)(=O)c2cc(Cl)cc(Cl)c2)C1)N1CCCCC1. The molecule has 2 saturated heterocycles. The van der Waals surface area contributed by atoms with Gasteiger partial charge in [0.05, 0.1) is 11.5 Å². The van der Waals surface area contributed by atoms with Crippen molar-refractivity contribution in [3.8, 4) is 5.75 Å². The second-order valence-electron chi connectivity index (χ2n) is 9.27. The Labute approximate surface area is 211 Å². The van der Waals surface area contributed by atoms with E-state index in [0.29, 0.717) is 25.1 Å². The van der Waals surface area contributed by atoms with Gasteiger partial charge in [0.15, 0.2) is 0 Å². The van der Waals surface area contributed by atoms with E-state index in [-0.39, 0.29) is 40.4 Å². The van der Waals surface area contributed by atoms with Crippen LogP contribution in [0.25, 0.3) is 0 Å². The van der Waals surface area contributed by atoms with Gasteiger partial charge in [0.1, 0.15) is 5.75 Å². The Bertz CT molecular complexity index is 1090. The Kier molecular flexibility index (Phi) is 8.08. The van der Waals surface area contributed by atoms with Crippen LogP contribution in [0.1, 0.15) is 38.5 Å². The maximum Gasteiger partial charge on any atom is 0.243 e. The van der Waals surface area contributed by atoms with Crippen molar-refractivity contribution in [2.45, 2.75) is 43.4 Å². The number of carbonyl (C=O) groups is 1. The molecule has 6 nitrogen and oxygen atoms in total. The van der Waals surface area contributed by atoms with Gasteiger partial charge in [-0.2, -0.15) is 4.31 Å². The van der Waals surface area contributed by atoms with Crippen molar-refractivity contribution in [3.05, 3.63) is 58.6 Å². The average Bonchev–Trinajstić information content (AvgIpc) is 2.83. The quantitative estimate of drug-likeness (QED) is 0.496. The molecular weight excluding hydrogens is 495 g/mol. The van der Waals surface area contributed by atoms with Crippen molar-refractivity contribution in [1.29, 1.82) is 0 Å². The molecule has 2 fully saturated rings. The Balaban J connectivity index is 1.59. The molecule has 0 aromatic heterocycles. The van der Waals surface area contributed by atoms with Crippen LogP contribution in [0.15, 0.2) is 53.4 Å². The van der Waals surface area contributed by atoms with E-state index in [1.54, 1.807) is 0 Å². The van der Waals surface area contributed by atoms with Crippen LogP contribution < -0.4 is 4.74 Å². The van der Waals surface area contributed by atoms with Crippen LogP contribution in [-0.4, -0.2) is 56.3 Å². The molecule has 0 aliphatic carbocycles. The maximum atomic E-state index is 13.5. The highest BCUT2D eigenvalue weighted by molar-refractivity contribution is 7.89. The van der Waals surface area contributed by atoms with Crippen molar-refractivity contribution in [2.75, 3.05) is 32.8 Å². The molecule has 2 aliphatic rings. The summed E-state index contributed by atoms with van der Waals surface area (Å²) in [6.07, 6.45) is 4.76. The normalized spacial score (nSPS) is 21.9. The fourth-order valence-corrected chi connectivity index (χ4v) is 7.16. The van der Waals surface area contributed by atoms with Gasteiger partial charge in [0.25, 0.3) is 0 Å². The minimum atomic E-state index is -3.84. The van der Waals surface area contributed by atoms with E-state index in [1.807, 2.05) is 35.2 Å². The molecule has 2 heterocycles. The van der Waals surface area contributed by atoms with Gasteiger partial charge in [0.2, 0.25) is 15.9 Å². The van der Waals surface area contributed by atoms with Gasteiger partial charge < -0.3 is 9.64 Å². The van der Waals surface area contributed by atoms with E-state index in [0.717, 1.165) is 32.4 Å². The first-order valence-corrected chi connectivity index (χ1v) is 13.9. The molecule has 34 heavy (non-hydrogen) atoms. The highest BCUT2D eigenvalue weighted by atomic mass is 35.5. The molecule has 0 N–H and O–H groups in total. The first-order chi connectivity index (χ1) is 16.3. The van der Waals surface area contributed by atoms with E-state index < -0.39 is 15.4 Å². The molecule has 0 radical (unpaired) electrons. The number of halogens is 2. The number of ether oxygens (including phenoxy) is 1. The van der Waals surface area contributed by atoms with Crippen molar-refractivity contribution in [1.82, 2.24) is 9.21 Å². The number of nitrogens with zero attached hydrogens (tertiary/aromatic N) is 2. The largest absolute Gasteiger partial charge is 0.493 e. The molecule has 184 valence electrons. The summed E-state index contributed by atoms with van der Waals surface area (Å²) >= 11 is 12.2. The van der Waals surface area contributed by atoms with Crippen molar-refractivity contribution in [2.24, 2.45) is 5.41 Å². The summed E-state index contributed by atoms with van der Waals surface area (Å²) in [5.74, 6) is 0.773. The highest BCUT2D eigenvalue weighted by Gasteiger charge is 2.43. The monoisotopic (exact) mass is 524 g/mol. The smallest absolute Gasteiger partial charge is 0.243 e. The van der Waals surface area contributed by atoms with Crippen LogP contribution in [0, 0.1) is 5.41 Å². The van der Waals surface area contributed by atoms with Crippen molar-refractivity contribution >= 4 is 39.1 Å². The first kappa shape index (κ1) is 25.3. The number of rotatable bonds is 7. The van der Waals surface area contributed by atoms with E-state index in [9.17, 15) is 13.2 Å². The molecule has 1 atom stereocenters. The summed E-state index contributed by atoms with van der Waals surface area (Å²) in [6.45, 7) is 2.36. The van der Waals surface area contributed by atoms with E-state index in [2.05, 4.69) is 0 Å². The van der Waals surface area contributed by atoms with Crippen molar-refractivity contribution in [3.63, 3.8) is 0 Å². The van der Waals surface area contributed by atoms with Gasteiger partial charge in [-0.3, -0.25) is 4.79 Å². The molecule has 0 unspecified atom stereocenters. The second kappa shape index (κ2) is 10.9. The third-order valence-corrected chi connectivity index (χ3v) is 8.88. The molecule has 1 amide bonds. The van der Waals surface area contributed by atoms with Crippen LogP contribution in [0.3, 0.4) is 0 Å². The van der Waals surface area contributed by atoms with Gasteiger partial charge in [-0.05, 0) is 62.4 Å². The van der Waals surface area contributed by atoms with Crippen LogP contribution in [0.5, 0.6) is 5.75 Å². The standard InChI is InChI=1S/C25H30Cl2N2O4S/c26-20-14-21(27)16-23(15-20)34(31,32)29-13-7-10-25(18-29,19-33-22-8-3-1-4-9-22)17-24(30)28-11-5-2-6-12-28/h1,3-4,8-9,14-16H,2,5-7,10-13,17-19H2/t25-/m1/s1. The molecule has 4 rings (SSSR count). The minimum absolute atomic E-state index is 0.0622. The van der Waals surface area contributed by atoms with Crippen LogP contribution in [0.2, 0.25) is 10.0 Å². The minimum Gasteiger partial charge on any atom is -0.493 e. The number of sulfonamides is 1. The topological polar surface area (TPSA) is 66.9 Å². The van der Waals surface area contributed by atoms with E-state index in [1.165, 1.54) is 22.5 Å². The molecular formula is C25H30Cl2N2O4S. The number of amides is 1. The van der Waals surface area contributed by atoms with Crippen LogP contribution in [-0.2, 0) is 14.8 Å². The summed E-state index contributed by atoms with van der Waals surface area (Å²) in [5, 5.41) is 0.532. The number of hydrogen-bond donors (Lipinski definition) is 0. The lowest BCUT2D eigenvalue weighted by molar-refractivity contribution is -0.136. The number of para-hydroxylation sites is 1. The molecule has 2 aromatic rings. The van der Waals surface area contributed by atoms with Gasteiger partial charge >= 0.3 is 0 Å². The Morgan fingerprint density at radius 3 is 2.29 bits per heavy atom. The van der Waals surface area contributed by atoms with Crippen molar-refractivity contribution < 1.29 is 17.9 Å². The molecule has 0 saturated carbocycles. The predicted octanol–water partition coefficient (Wildman–Crippen LogP) is 5.25. The number of hydrogen-bond acceptors (Lipinski definition) is 4. The molecule has 9 heteroatoms. The number of carbonyl (C=O) groups excluding carboxylic acids is 1. The van der Waals surface area contributed by atoms with Gasteiger partial charge in [-0.1, -0.05) is 41.4 Å². The molecule has 2 aliphatic heterocycles. The Morgan fingerprint density at radius 1 is 0.941 bits per heavy atom. The zero-order valence-electron chi connectivity index (χ0n) is 19.1. The lowest BCUT2D eigenvalue weighted by Crippen LogP contribution is -2.51. The van der Waals surface area contributed by atoms with E-state index >= 15 is 0 Å². The zero-order chi connectivity index (χ0) is 24.2. The Morgan fingerprint density at radius 2 is 1.62 bits per heavy atom. The van der Waals surface area contributed by atoms with E-state index in [4.69, 9.17) is 27.9 Å². The summed E-state index contributed by atoms with van der Waals surface area (Å²) in [4.78, 5) is 15.2. The fourth-order valence-electron chi connectivity index (χ4n) is 4.84. The number of likely N-dealkylation sites (tertiary alicyclic amines) is 1. The highest BCUT2D eigenvalue weighted by Crippen LogP contribution is 2.38. The lowest BCUT2D eigenvalue weighted by atomic mass is 9.78. The lowest BCUT2D eigenvalue weighted by Gasteiger charge is -2.42. The van der Waals surface area contributed by atoms with Gasteiger partial charge in [-0.25, -0.2) is 8.42 Å². The third kappa shape index (κ3) is 6.06. The zero-order valence-corrected chi connectivity index (χ0v) is 21.4. The molecule has 0 bridgehead atoms.